The molecule has 3 aromatic heterocycles. The molecule has 158 valence electrons. The quantitative estimate of drug-likeness (QED) is 0.375. The fourth-order valence-electron chi connectivity index (χ4n) is 3.29. The molecule has 5 rings (SSSR count). The molecule has 0 amide bonds. The smallest absolute Gasteiger partial charge is 0.171 e. The molecular formula is C23H21N3O3S2. The van der Waals surface area contributed by atoms with E-state index in [4.69, 9.17) is 18.9 Å². The van der Waals surface area contributed by atoms with Gasteiger partial charge in [-0.25, -0.2) is 4.98 Å². The van der Waals surface area contributed by atoms with E-state index in [1.807, 2.05) is 42.6 Å². The summed E-state index contributed by atoms with van der Waals surface area (Å²) >= 11 is 2.99. The topological polar surface area (TPSA) is 60.6 Å². The predicted octanol–water partition coefficient (Wildman–Crippen LogP) is 5.36. The lowest BCUT2D eigenvalue weighted by Gasteiger charge is -2.29. The van der Waals surface area contributed by atoms with E-state index < -0.39 is 0 Å². The van der Waals surface area contributed by atoms with Gasteiger partial charge in [0.05, 0.1) is 24.4 Å². The summed E-state index contributed by atoms with van der Waals surface area (Å²) in [7, 11) is 0. The molecular weight excluding hydrogens is 430 g/mol. The standard InChI is InChI=1S/C23H21N3O3S2/c1-2-5-17(6-3-1)16-29-20-13-18(15-24-23(20)26-8-11-27-12-9-26)30-22-14-21(31-25-22)19-7-4-10-28-19/h1-7,10,13-15H,8-9,11-12,16H2. The first-order valence-corrected chi connectivity index (χ1v) is 11.6. The van der Waals surface area contributed by atoms with Crippen LogP contribution in [-0.4, -0.2) is 35.7 Å². The Morgan fingerprint density at radius 2 is 1.94 bits per heavy atom. The molecule has 0 radical (unpaired) electrons. The van der Waals surface area contributed by atoms with Crippen LogP contribution in [0.25, 0.3) is 10.6 Å². The Labute approximate surface area is 189 Å². The molecule has 1 fully saturated rings. The van der Waals surface area contributed by atoms with E-state index in [2.05, 4.69) is 27.5 Å². The van der Waals surface area contributed by atoms with Crippen LogP contribution in [0.5, 0.6) is 5.75 Å². The van der Waals surface area contributed by atoms with Crippen LogP contribution in [0.2, 0.25) is 0 Å². The minimum Gasteiger partial charge on any atom is -0.485 e. The molecule has 1 aliphatic rings. The molecule has 8 heteroatoms. The van der Waals surface area contributed by atoms with E-state index in [9.17, 15) is 0 Å². The average Bonchev–Trinajstić information content (AvgIpc) is 3.51. The van der Waals surface area contributed by atoms with Gasteiger partial charge < -0.3 is 18.8 Å². The zero-order chi connectivity index (χ0) is 20.9. The van der Waals surface area contributed by atoms with Gasteiger partial charge in [-0.15, -0.1) is 0 Å². The van der Waals surface area contributed by atoms with E-state index in [-0.39, 0.29) is 0 Å². The SMILES string of the molecule is c1ccc(COc2cc(Sc3cc(-c4ccco4)sn3)cnc2N2CCOCC2)cc1. The second-order valence-electron chi connectivity index (χ2n) is 6.98. The van der Waals surface area contributed by atoms with Crippen molar-refractivity contribution in [1.29, 1.82) is 0 Å². The number of aromatic nitrogens is 2. The molecule has 0 bridgehead atoms. The zero-order valence-electron chi connectivity index (χ0n) is 16.8. The molecule has 1 aliphatic heterocycles. The van der Waals surface area contributed by atoms with Crippen LogP contribution in [0.15, 0.2) is 81.4 Å². The van der Waals surface area contributed by atoms with Gasteiger partial charge in [0, 0.05) is 24.2 Å². The van der Waals surface area contributed by atoms with Crippen molar-refractivity contribution >= 4 is 29.1 Å². The molecule has 1 saturated heterocycles. The molecule has 4 aromatic rings. The van der Waals surface area contributed by atoms with Crippen molar-refractivity contribution < 1.29 is 13.9 Å². The maximum absolute atomic E-state index is 6.23. The first kappa shape index (κ1) is 20.1. The highest BCUT2D eigenvalue weighted by Gasteiger charge is 2.19. The summed E-state index contributed by atoms with van der Waals surface area (Å²) in [6.45, 7) is 3.50. The van der Waals surface area contributed by atoms with Crippen molar-refractivity contribution in [2.45, 2.75) is 16.5 Å². The number of furan rings is 1. The third kappa shape index (κ3) is 4.92. The second kappa shape index (κ2) is 9.55. The Morgan fingerprint density at radius 1 is 1.06 bits per heavy atom. The predicted molar refractivity (Wildman–Crippen MR) is 122 cm³/mol. The second-order valence-corrected chi connectivity index (χ2v) is 8.87. The van der Waals surface area contributed by atoms with Crippen LogP contribution in [-0.2, 0) is 11.3 Å². The number of nitrogens with zero attached hydrogens (tertiary/aromatic N) is 3. The van der Waals surface area contributed by atoms with Gasteiger partial charge in [-0.05, 0) is 41.4 Å². The maximum Gasteiger partial charge on any atom is 0.171 e. The normalized spacial score (nSPS) is 14.0. The Morgan fingerprint density at radius 3 is 2.74 bits per heavy atom. The summed E-state index contributed by atoms with van der Waals surface area (Å²) in [5.41, 5.74) is 1.12. The first-order chi connectivity index (χ1) is 15.3. The Balaban J connectivity index is 1.37. The van der Waals surface area contributed by atoms with Crippen LogP contribution < -0.4 is 9.64 Å². The molecule has 6 nitrogen and oxygen atoms in total. The van der Waals surface area contributed by atoms with Gasteiger partial charge in [0.1, 0.15) is 17.4 Å². The van der Waals surface area contributed by atoms with Gasteiger partial charge in [-0.2, -0.15) is 4.37 Å². The number of morpholine rings is 1. The molecule has 0 aliphatic carbocycles. The van der Waals surface area contributed by atoms with E-state index in [0.717, 1.165) is 50.8 Å². The van der Waals surface area contributed by atoms with Crippen LogP contribution in [0, 0.1) is 0 Å². The van der Waals surface area contributed by atoms with Crippen LogP contribution in [0.4, 0.5) is 5.82 Å². The van der Waals surface area contributed by atoms with Gasteiger partial charge in [0.15, 0.2) is 11.6 Å². The molecule has 0 N–H and O–H groups in total. The average molecular weight is 452 g/mol. The Kier molecular flexibility index (Phi) is 6.20. The Hall–Kier alpha value is -2.81. The minimum absolute atomic E-state index is 0.493. The van der Waals surface area contributed by atoms with Crippen molar-refractivity contribution in [3.63, 3.8) is 0 Å². The van der Waals surface area contributed by atoms with Crippen LogP contribution in [0.1, 0.15) is 5.56 Å². The van der Waals surface area contributed by atoms with E-state index >= 15 is 0 Å². The van der Waals surface area contributed by atoms with Crippen LogP contribution in [0.3, 0.4) is 0 Å². The van der Waals surface area contributed by atoms with E-state index in [1.54, 1.807) is 18.0 Å². The van der Waals surface area contributed by atoms with Crippen molar-refractivity contribution in [1.82, 2.24) is 9.36 Å². The van der Waals surface area contributed by atoms with Crippen molar-refractivity contribution in [2.75, 3.05) is 31.2 Å². The lowest BCUT2D eigenvalue weighted by Crippen LogP contribution is -2.37. The number of pyridine rings is 1. The zero-order valence-corrected chi connectivity index (χ0v) is 18.4. The minimum atomic E-state index is 0.493. The number of ether oxygens (including phenoxy) is 2. The number of hydrogen-bond acceptors (Lipinski definition) is 8. The lowest BCUT2D eigenvalue weighted by molar-refractivity contribution is 0.122. The lowest BCUT2D eigenvalue weighted by atomic mass is 10.2. The third-order valence-corrected chi connectivity index (χ3v) is 6.63. The van der Waals surface area contributed by atoms with Crippen molar-refractivity contribution in [3.8, 4) is 16.4 Å². The summed E-state index contributed by atoms with van der Waals surface area (Å²) in [5, 5.41) is 0.909. The van der Waals surface area contributed by atoms with Gasteiger partial charge in [0.25, 0.3) is 0 Å². The van der Waals surface area contributed by atoms with Gasteiger partial charge in [-0.1, -0.05) is 42.1 Å². The summed E-state index contributed by atoms with van der Waals surface area (Å²) in [4.78, 5) is 8.96. The van der Waals surface area contributed by atoms with Crippen molar-refractivity contribution in [2.24, 2.45) is 0 Å². The molecule has 0 unspecified atom stereocenters. The van der Waals surface area contributed by atoms with Crippen molar-refractivity contribution in [3.05, 3.63) is 72.6 Å². The molecule has 31 heavy (non-hydrogen) atoms. The highest BCUT2D eigenvalue weighted by molar-refractivity contribution is 7.99. The van der Waals surface area contributed by atoms with Gasteiger partial charge in [0.2, 0.25) is 0 Å². The summed E-state index contributed by atoms with van der Waals surface area (Å²) in [6.07, 6.45) is 3.56. The highest BCUT2D eigenvalue weighted by Crippen LogP contribution is 2.37. The summed E-state index contributed by atoms with van der Waals surface area (Å²) in [5.74, 6) is 2.47. The number of rotatable bonds is 7. The maximum atomic E-state index is 6.23. The van der Waals surface area contributed by atoms with E-state index in [1.165, 1.54) is 11.5 Å². The number of hydrogen-bond donors (Lipinski definition) is 0. The molecule has 0 spiro atoms. The molecule has 1 aromatic carbocycles. The number of benzene rings is 1. The Bertz CT molecular complexity index is 1110. The molecule has 4 heterocycles. The fourth-order valence-corrected chi connectivity index (χ4v) is 4.93. The van der Waals surface area contributed by atoms with Crippen LogP contribution >= 0.6 is 23.3 Å². The van der Waals surface area contributed by atoms with Gasteiger partial charge in [-0.3, -0.25) is 0 Å². The highest BCUT2D eigenvalue weighted by atomic mass is 32.2. The van der Waals surface area contributed by atoms with E-state index in [0.29, 0.717) is 19.8 Å². The third-order valence-electron chi connectivity index (χ3n) is 4.83. The first-order valence-electron chi connectivity index (χ1n) is 10.0. The summed E-state index contributed by atoms with van der Waals surface area (Å²) < 4.78 is 21.7. The molecule has 0 saturated carbocycles. The van der Waals surface area contributed by atoms with Gasteiger partial charge >= 0.3 is 0 Å². The monoisotopic (exact) mass is 451 g/mol. The molecule has 0 atom stereocenters. The largest absolute Gasteiger partial charge is 0.485 e. The summed E-state index contributed by atoms with van der Waals surface area (Å²) in [6, 6.07) is 18.1. The fraction of sp³-hybridized carbons (Fsp3) is 0.217. The number of anilines is 1.